The van der Waals surface area contributed by atoms with E-state index in [4.69, 9.17) is 9.47 Å². The van der Waals surface area contributed by atoms with Crippen LogP contribution in [0.25, 0.3) is 21.9 Å². The van der Waals surface area contributed by atoms with E-state index < -0.39 is 0 Å². The monoisotopic (exact) mass is 666 g/mol. The van der Waals surface area contributed by atoms with E-state index in [1.807, 2.05) is 0 Å². The van der Waals surface area contributed by atoms with Crippen molar-refractivity contribution in [3.8, 4) is 34.1 Å². The van der Waals surface area contributed by atoms with Crippen LogP contribution in [0.2, 0.25) is 0 Å². The first kappa shape index (κ1) is 29.1. The molecule has 8 aromatic carbocycles. The number of fused-ring (bicyclic) bond motifs is 6. The first-order chi connectivity index (χ1) is 25.7. The molecule has 0 amide bonds. The highest BCUT2D eigenvalue weighted by molar-refractivity contribution is 6.99. The van der Waals surface area contributed by atoms with Gasteiger partial charge in [-0.25, -0.2) is 0 Å². The topological polar surface area (TPSA) is 24.9 Å². The highest BCUT2D eigenvalue weighted by Gasteiger charge is 2.43. The van der Waals surface area contributed by atoms with Gasteiger partial charge in [-0.05, 0) is 113 Å². The molecular weight excluding hydrogens is 635 g/mol. The third-order valence-electron chi connectivity index (χ3n) is 10.7. The highest BCUT2D eigenvalue weighted by Crippen LogP contribution is 2.52. The van der Waals surface area contributed by atoms with E-state index in [1.54, 1.807) is 0 Å². The van der Waals surface area contributed by atoms with E-state index in [9.17, 15) is 0 Å². The van der Waals surface area contributed by atoms with Crippen molar-refractivity contribution in [2.24, 2.45) is 0 Å². The van der Waals surface area contributed by atoms with Gasteiger partial charge in [0.2, 0.25) is 0 Å². The van der Waals surface area contributed by atoms with Crippen molar-refractivity contribution < 1.29 is 9.47 Å². The number of hydrogen-bond acceptors (Lipinski definition) is 4. The average Bonchev–Trinajstić information content (AvgIpc) is 3.19. The lowest BCUT2D eigenvalue weighted by Gasteiger charge is -2.40. The van der Waals surface area contributed by atoms with Crippen LogP contribution in [-0.2, 0) is 0 Å². The third-order valence-corrected chi connectivity index (χ3v) is 10.7. The summed E-state index contributed by atoms with van der Waals surface area (Å²) in [5.41, 5.74) is 13.6. The van der Waals surface area contributed by atoms with Crippen molar-refractivity contribution >= 4 is 68.0 Å². The molecule has 8 aromatic rings. The number of anilines is 6. The Balaban J connectivity index is 1.10. The van der Waals surface area contributed by atoms with Crippen LogP contribution < -0.4 is 35.7 Å². The second-order valence-corrected chi connectivity index (χ2v) is 13.8. The van der Waals surface area contributed by atoms with Gasteiger partial charge in [0.1, 0.15) is 23.0 Å². The number of para-hydroxylation sites is 4. The van der Waals surface area contributed by atoms with Crippen molar-refractivity contribution in [2.75, 3.05) is 9.80 Å². The maximum absolute atomic E-state index is 6.94. The Kier molecular flexibility index (Phi) is 6.23. The second kappa shape index (κ2) is 11.1. The Labute approximate surface area is 302 Å². The van der Waals surface area contributed by atoms with E-state index in [0.29, 0.717) is 0 Å². The van der Waals surface area contributed by atoms with Gasteiger partial charge in [0, 0.05) is 44.8 Å². The molecule has 3 heterocycles. The first-order valence-corrected chi connectivity index (χ1v) is 17.8. The summed E-state index contributed by atoms with van der Waals surface area (Å²) in [6, 6.07) is 60.3. The summed E-state index contributed by atoms with van der Waals surface area (Å²) >= 11 is 0. The number of ether oxygens (including phenoxy) is 2. The molecule has 5 heteroatoms. The predicted molar refractivity (Wildman–Crippen MR) is 215 cm³/mol. The van der Waals surface area contributed by atoms with Crippen LogP contribution in [0.5, 0.6) is 23.0 Å². The van der Waals surface area contributed by atoms with Crippen molar-refractivity contribution in [1.82, 2.24) is 0 Å². The van der Waals surface area contributed by atoms with Crippen LogP contribution in [0.15, 0.2) is 170 Å². The highest BCUT2D eigenvalue weighted by atomic mass is 16.5. The smallest absolute Gasteiger partial charge is 0.256 e. The molecule has 0 atom stereocenters. The standard InChI is InChI=1S/C47H31BN2O2/c1-30-26-41-47-45(27-30)52-44-28-36-34-24-25-39(49(31-14-5-2-6-15-31)32-16-7-3-8-17-32)35-20-13-23-42(46(34)35)51-43(36)29-38(44)48(47)37-21-11-12-22-40(37)50(41)33-18-9-4-10-19-33/h2-29H,1H3. The molecule has 0 saturated carbocycles. The lowest BCUT2D eigenvalue weighted by molar-refractivity contribution is 0.474. The maximum atomic E-state index is 6.94. The Morgan fingerprint density at radius 3 is 1.96 bits per heavy atom. The van der Waals surface area contributed by atoms with Crippen LogP contribution >= 0.6 is 0 Å². The molecule has 0 aromatic heterocycles. The summed E-state index contributed by atoms with van der Waals surface area (Å²) in [5.74, 6) is 3.47. The quantitative estimate of drug-likeness (QED) is 0.175. The molecule has 0 unspecified atom stereocenters. The zero-order chi connectivity index (χ0) is 34.3. The van der Waals surface area contributed by atoms with Crippen LogP contribution in [0, 0.1) is 6.92 Å². The molecule has 3 aliphatic rings. The van der Waals surface area contributed by atoms with Gasteiger partial charge >= 0.3 is 0 Å². The van der Waals surface area contributed by atoms with Crippen molar-refractivity contribution in [3.63, 3.8) is 0 Å². The SMILES string of the molecule is Cc1cc2c3c(c1)N(c1ccccc1)c1ccccc1B3c1cc3c(cc1O2)-c1ccc(N(c2ccccc2)c2ccccc2)c2cccc(c12)O3. The molecule has 0 N–H and O–H groups in total. The fraction of sp³-hybridized carbons (Fsp3) is 0.0213. The molecule has 0 radical (unpaired) electrons. The maximum Gasteiger partial charge on any atom is 0.256 e. The normalized spacial score (nSPS) is 12.9. The molecule has 0 fully saturated rings. The zero-order valence-corrected chi connectivity index (χ0v) is 28.5. The molecule has 52 heavy (non-hydrogen) atoms. The summed E-state index contributed by atoms with van der Waals surface area (Å²) < 4.78 is 13.8. The van der Waals surface area contributed by atoms with Gasteiger partial charge in [-0.3, -0.25) is 0 Å². The van der Waals surface area contributed by atoms with Gasteiger partial charge < -0.3 is 19.3 Å². The Morgan fingerprint density at radius 2 is 1.19 bits per heavy atom. The Morgan fingerprint density at radius 1 is 0.500 bits per heavy atom. The van der Waals surface area contributed by atoms with Crippen LogP contribution in [0.3, 0.4) is 0 Å². The van der Waals surface area contributed by atoms with E-state index in [2.05, 4.69) is 187 Å². The van der Waals surface area contributed by atoms with Gasteiger partial charge in [-0.1, -0.05) is 91.0 Å². The fourth-order valence-electron chi connectivity index (χ4n) is 8.57. The minimum Gasteiger partial charge on any atom is -0.458 e. The number of hydrogen-bond donors (Lipinski definition) is 0. The molecular formula is C47H31BN2O2. The van der Waals surface area contributed by atoms with Gasteiger partial charge in [-0.2, -0.15) is 0 Å². The summed E-state index contributed by atoms with van der Waals surface area (Å²) in [7, 11) is 0. The first-order valence-electron chi connectivity index (χ1n) is 17.8. The van der Waals surface area contributed by atoms with Crippen LogP contribution in [0.4, 0.5) is 34.1 Å². The van der Waals surface area contributed by atoms with Crippen LogP contribution in [-0.4, -0.2) is 6.71 Å². The lowest BCUT2D eigenvalue weighted by Crippen LogP contribution is -2.59. The molecule has 0 saturated heterocycles. The summed E-state index contributed by atoms with van der Waals surface area (Å²) in [4.78, 5) is 4.70. The van der Waals surface area contributed by atoms with E-state index in [-0.39, 0.29) is 6.71 Å². The predicted octanol–water partition coefficient (Wildman–Crippen LogP) is 10.8. The number of nitrogens with zero attached hydrogens (tertiary/aromatic N) is 2. The van der Waals surface area contributed by atoms with Gasteiger partial charge in [0.25, 0.3) is 6.71 Å². The summed E-state index contributed by atoms with van der Waals surface area (Å²) in [6.45, 7) is 2.14. The fourth-order valence-corrected chi connectivity index (χ4v) is 8.57. The van der Waals surface area contributed by atoms with Crippen LogP contribution in [0.1, 0.15) is 5.56 Å². The van der Waals surface area contributed by atoms with E-state index >= 15 is 0 Å². The lowest BCUT2D eigenvalue weighted by atomic mass is 9.34. The molecule has 11 rings (SSSR count). The van der Waals surface area contributed by atoms with Gasteiger partial charge in [0.15, 0.2) is 0 Å². The minimum atomic E-state index is -0.00993. The molecule has 244 valence electrons. The zero-order valence-electron chi connectivity index (χ0n) is 28.5. The van der Waals surface area contributed by atoms with Gasteiger partial charge in [-0.15, -0.1) is 0 Å². The van der Waals surface area contributed by atoms with Gasteiger partial charge in [0.05, 0.1) is 5.69 Å². The number of aryl methyl sites for hydroxylation is 1. The van der Waals surface area contributed by atoms with E-state index in [0.717, 1.165) is 84.4 Å². The number of rotatable bonds is 4. The second-order valence-electron chi connectivity index (χ2n) is 13.8. The third kappa shape index (κ3) is 4.23. The molecule has 3 aliphatic heterocycles. The Bertz CT molecular complexity index is 2680. The summed E-state index contributed by atoms with van der Waals surface area (Å²) in [6.07, 6.45) is 0. The number of benzene rings is 8. The van der Waals surface area contributed by atoms with Crippen molar-refractivity contribution in [3.05, 3.63) is 175 Å². The average molecular weight is 667 g/mol. The molecule has 0 spiro atoms. The van der Waals surface area contributed by atoms with Crippen molar-refractivity contribution in [2.45, 2.75) is 6.92 Å². The molecule has 0 bridgehead atoms. The Hall–Kier alpha value is -6.72. The summed E-state index contributed by atoms with van der Waals surface area (Å²) in [5, 5.41) is 2.22. The van der Waals surface area contributed by atoms with Crippen molar-refractivity contribution in [1.29, 1.82) is 0 Å². The molecule has 4 nitrogen and oxygen atoms in total. The minimum absolute atomic E-state index is 0.00993. The molecule has 0 aliphatic carbocycles. The van der Waals surface area contributed by atoms with E-state index in [1.165, 1.54) is 16.6 Å². The largest absolute Gasteiger partial charge is 0.458 e.